The van der Waals surface area contributed by atoms with Crippen LogP contribution in [0.5, 0.6) is 0 Å². The first-order chi connectivity index (χ1) is 13.5. The number of para-hydroxylation sites is 1. The van der Waals surface area contributed by atoms with Crippen LogP contribution in [-0.4, -0.2) is 49.0 Å². The number of carbonyl (C=O) groups is 3. The van der Waals surface area contributed by atoms with Crippen LogP contribution < -0.4 is 16.0 Å². The maximum absolute atomic E-state index is 12.5. The van der Waals surface area contributed by atoms with E-state index < -0.39 is 5.97 Å². The van der Waals surface area contributed by atoms with Crippen LogP contribution in [0.15, 0.2) is 24.3 Å². The molecular weight excluding hydrogens is 360 g/mol. The van der Waals surface area contributed by atoms with E-state index in [1.807, 2.05) is 24.3 Å². The Morgan fingerprint density at radius 1 is 1.25 bits per heavy atom. The summed E-state index contributed by atoms with van der Waals surface area (Å²) in [4.78, 5) is 40.4. The van der Waals surface area contributed by atoms with Crippen molar-refractivity contribution in [1.29, 1.82) is 0 Å². The first kappa shape index (κ1) is 19.9. The lowest BCUT2D eigenvalue weighted by atomic mass is 9.96. The summed E-state index contributed by atoms with van der Waals surface area (Å²) in [5.41, 5.74) is 6.84. The van der Waals surface area contributed by atoms with Gasteiger partial charge in [-0.3, -0.25) is 9.59 Å². The molecule has 0 radical (unpaired) electrons. The summed E-state index contributed by atoms with van der Waals surface area (Å²) in [6.07, 6.45) is 1.86. The van der Waals surface area contributed by atoms with Gasteiger partial charge in [-0.1, -0.05) is 18.2 Å². The Labute approximate surface area is 163 Å². The number of amides is 2. The number of aromatic nitrogens is 1. The number of primary amides is 1. The average molecular weight is 387 g/mol. The Hall–Kier alpha value is -2.87. The number of aromatic amines is 1. The van der Waals surface area contributed by atoms with Crippen molar-refractivity contribution in [2.75, 3.05) is 31.6 Å². The molecule has 2 aromatic rings. The highest BCUT2D eigenvalue weighted by Crippen LogP contribution is 2.28. The second-order valence-corrected chi connectivity index (χ2v) is 7.12. The predicted molar refractivity (Wildman–Crippen MR) is 105 cm³/mol. The monoisotopic (exact) mass is 387 g/mol. The number of esters is 1. The van der Waals surface area contributed by atoms with Crippen LogP contribution in [0.4, 0.5) is 5.69 Å². The lowest BCUT2D eigenvalue weighted by Crippen LogP contribution is -3.13. The summed E-state index contributed by atoms with van der Waals surface area (Å²) >= 11 is 0. The molecule has 2 amide bonds. The van der Waals surface area contributed by atoms with Gasteiger partial charge in [0.25, 0.3) is 0 Å². The highest BCUT2D eigenvalue weighted by atomic mass is 16.5. The van der Waals surface area contributed by atoms with Crippen LogP contribution in [0, 0.1) is 5.92 Å². The highest BCUT2D eigenvalue weighted by molar-refractivity contribution is 6.10. The third kappa shape index (κ3) is 4.51. The minimum absolute atomic E-state index is 0.0454. The standard InChI is InChI=1S/C20H26N4O4/c1-2-28-20(27)18-17(14-5-3-4-6-15(14)22-18)23-16(25)9-12-24-10-7-13(8-11-24)19(21)26/h3-6,13,22H,2,7-12H2,1H3,(H2,21,26)(H,23,25)/p+1. The SMILES string of the molecule is CCOC(=O)c1[nH]c2ccccc2c1NC(=O)CC[NH+]1CCC(C(N)=O)CC1. The van der Waals surface area contributed by atoms with Gasteiger partial charge in [0.1, 0.15) is 5.69 Å². The molecule has 0 saturated carbocycles. The second kappa shape index (κ2) is 8.88. The van der Waals surface area contributed by atoms with Gasteiger partial charge in [0.05, 0.1) is 38.3 Å². The van der Waals surface area contributed by atoms with Gasteiger partial charge in [-0.25, -0.2) is 4.79 Å². The van der Waals surface area contributed by atoms with Gasteiger partial charge in [0.15, 0.2) is 0 Å². The van der Waals surface area contributed by atoms with E-state index in [1.54, 1.807) is 6.92 Å². The van der Waals surface area contributed by atoms with E-state index in [9.17, 15) is 14.4 Å². The molecule has 8 nitrogen and oxygen atoms in total. The largest absolute Gasteiger partial charge is 0.461 e. The molecule has 0 bridgehead atoms. The molecule has 3 rings (SSSR count). The van der Waals surface area contributed by atoms with Crippen molar-refractivity contribution in [2.24, 2.45) is 11.7 Å². The third-order valence-electron chi connectivity index (χ3n) is 5.25. The third-order valence-corrected chi connectivity index (χ3v) is 5.25. The van der Waals surface area contributed by atoms with Gasteiger partial charge in [-0.15, -0.1) is 0 Å². The van der Waals surface area contributed by atoms with Crippen LogP contribution >= 0.6 is 0 Å². The summed E-state index contributed by atoms with van der Waals surface area (Å²) < 4.78 is 5.10. The minimum Gasteiger partial charge on any atom is -0.461 e. The van der Waals surface area contributed by atoms with E-state index >= 15 is 0 Å². The van der Waals surface area contributed by atoms with E-state index in [4.69, 9.17) is 10.5 Å². The molecule has 8 heteroatoms. The molecular formula is C20H27N4O4+. The minimum atomic E-state index is -0.492. The number of nitrogens with one attached hydrogen (secondary N) is 3. The smallest absolute Gasteiger partial charge is 0.356 e. The maximum Gasteiger partial charge on any atom is 0.356 e. The van der Waals surface area contributed by atoms with E-state index in [0.29, 0.717) is 18.7 Å². The number of quaternary nitrogens is 1. The number of carbonyl (C=O) groups excluding carboxylic acids is 3. The molecule has 28 heavy (non-hydrogen) atoms. The quantitative estimate of drug-likeness (QED) is 0.516. The highest BCUT2D eigenvalue weighted by Gasteiger charge is 2.26. The zero-order valence-corrected chi connectivity index (χ0v) is 16.0. The molecule has 1 aromatic carbocycles. The second-order valence-electron chi connectivity index (χ2n) is 7.12. The topological polar surface area (TPSA) is 119 Å². The van der Waals surface area contributed by atoms with Gasteiger partial charge in [0, 0.05) is 29.7 Å². The molecule has 0 unspecified atom stereocenters. The van der Waals surface area contributed by atoms with Crippen molar-refractivity contribution < 1.29 is 24.0 Å². The van der Waals surface area contributed by atoms with Gasteiger partial charge in [0.2, 0.25) is 11.8 Å². The number of likely N-dealkylation sites (tertiary alicyclic amines) is 1. The Morgan fingerprint density at radius 3 is 2.64 bits per heavy atom. The van der Waals surface area contributed by atoms with Crippen molar-refractivity contribution in [3.05, 3.63) is 30.0 Å². The molecule has 150 valence electrons. The zero-order valence-electron chi connectivity index (χ0n) is 16.0. The zero-order chi connectivity index (χ0) is 20.1. The normalized spacial score (nSPS) is 19.3. The number of fused-ring (bicyclic) bond motifs is 1. The molecule has 1 saturated heterocycles. The summed E-state index contributed by atoms with van der Waals surface area (Å²) in [6, 6.07) is 7.41. The van der Waals surface area contributed by atoms with Crippen LogP contribution in [-0.2, 0) is 14.3 Å². The summed E-state index contributed by atoms with van der Waals surface area (Å²) in [6.45, 7) is 4.34. The number of nitrogens with two attached hydrogens (primary N) is 1. The first-order valence-corrected chi connectivity index (χ1v) is 9.70. The van der Waals surface area contributed by atoms with Gasteiger partial charge in [-0.2, -0.15) is 0 Å². The molecule has 1 aliphatic rings. The number of piperidine rings is 1. The van der Waals surface area contributed by atoms with Crippen molar-refractivity contribution in [1.82, 2.24) is 4.98 Å². The number of hydrogen-bond donors (Lipinski definition) is 4. The van der Waals surface area contributed by atoms with Crippen LogP contribution in [0.3, 0.4) is 0 Å². The van der Waals surface area contributed by atoms with Crippen molar-refractivity contribution in [3.8, 4) is 0 Å². The van der Waals surface area contributed by atoms with Gasteiger partial charge in [-0.05, 0) is 13.0 Å². The lowest BCUT2D eigenvalue weighted by molar-refractivity contribution is -0.905. The van der Waals surface area contributed by atoms with E-state index in [-0.39, 0.29) is 30.0 Å². The number of H-pyrrole nitrogens is 1. The molecule has 1 fully saturated rings. The lowest BCUT2D eigenvalue weighted by Gasteiger charge is -2.27. The fourth-order valence-electron chi connectivity index (χ4n) is 3.68. The van der Waals surface area contributed by atoms with Crippen molar-refractivity contribution in [3.63, 3.8) is 0 Å². The number of benzene rings is 1. The predicted octanol–water partition coefficient (Wildman–Crippen LogP) is 0.453. The van der Waals surface area contributed by atoms with Crippen LogP contribution in [0.25, 0.3) is 10.9 Å². The Kier molecular flexibility index (Phi) is 6.30. The Bertz CT molecular complexity index is 868. The maximum atomic E-state index is 12.5. The fourth-order valence-corrected chi connectivity index (χ4v) is 3.68. The molecule has 0 aliphatic carbocycles. The molecule has 1 aliphatic heterocycles. The van der Waals surface area contributed by atoms with E-state index in [2.05, 4.69) is 10.3 Å². The van der Waals surface area contributed by atoms with Crippen molar-refractivity contribution >= 4 is 34.4 Å². The fraction of sp³-hybridized carbons (Fsp3) is 0.450. The summed E-state index contributed by atoms with van der Waals surface area (Å²) in [7, 11) is 0. The van der Waals surface area contributed by atoms with E-state index in [0.717, 1.165) is 36.8 Å². The number of hydrogen-bond acceptors (Lipinski definition) is 4. The first-order valence-electron chi connectivity index (χ1n) is 9.70. The average Bonchev–Trinajstić information content (AvgIpc) is 3.05. The number of ether oxygens (including phenoxy) is 1. The summed E-state index contributed by atoms with van der Waals surface area (Å²) in [5, 5.41) is 3.65. The molecule has 0 spiro atoms. The molecule has 1 aromatic heterocycles. The van der Waals surface area contributed by atoms with Crippen molar-refractivity contribution in [2.45, 2.75) is 26.2 Å². The number of anilines is 1. The van der Waals surface area contributed by atoms with Gasteiger partial charge >= 0.3 is 5.97 Å². The summed E-state index contributed by atoms with van der Waals surface area (Å²) in [5.74, 6) is -0.925. The van der Waals surface area contributed by atoms with Crippen LogP contribution in [0.2, 0.25) is 0 Å². The molecule has 2 heterocycles. The molecule has 0 atom stereocenters. The van der Waals surface area contributed by atoms with Gasteiger partial charge < -0.3 is 25.7 Å². The van der Waals surface area contributed by atoms with Crippen LogP contribution in [0.1, 0.15) is 36.7 Å². The van der Waals surface area contributed by atoms with E-state index in [1.165, 1.54) is 4.90 Å². The Morgan fingerprint density at radius 2 is 1.96 bits per heavy atom. The molecule has 5 N–H and O–H groups in total. The number of rotatable bonds is 7. The Balaban J connectivity index is 1.64.